The Labute approximate surface area is 125 Å². The van der Waals surface area contributed by atoms with Gasteiger partial charge < -0.3 is 10.1 Å². The van der Waals surface area contributed by atoms with Crippen molar-refractivity contribution in [2.75, 3.05) is 5.32 Å². The number of nitro groups is 1. The third-order valence-corrected chi connectivity index (χ3v) is 2.86. The first-order chi connectivity index (χ1) is 10.5. The second-order valence-electron chi connectivity index (χ2n) is 4.48. The first kappa shape index (κ1) is 15.4. The number of carbonyl (C=O) groups is 1. The monoisotopic (exact) mass is 304 g/mol. The average Bonchev–Trinajstić information content (AvgIpc) is 2.50. The Hall–Kier alpha value is -2.96. The van der Waals surface area contributed by atoms with E-state index in [0.717, 1.165) is 0 Å². The Morgan fingerprint density at radius 3 is 2.45 bits per heavy atom. The minimum atomic E-state index is -0.888. The molecule has 0 fully saturated rings. The number of nitrogens with zero attached hydrogens (tertiary/aromatic N) is 1. The Morgan fingerprint density at radius 1 is 1.23 bits per heavy atom. The van der Waals surface area contributed by atoms with Gasteiger partial charge in [-0.25, -0.2) is 4.39 Å². The minimum Gasteiger partial charge on any atom is -0.481 e. The Balaban J connectivity index is 1.99. The molecule has 22 heavy (non-hydrogen) atoms. The maximum Gasteiger partial charge on any atom is 0.269 e. The first-order valence-corrected chi connectivity index (χ1v) is 6.44. The van der Waals surface area contributed by atoms with Crippen molar-refractivity contribution in [3.63, 3.8) is 0 Å². The summed E-state index contributed by atoms with van der Waals surface area (Å²) in [6.45, 7) is 1.50. The van der Waals surface area contributed by atoms with E-state index >= 15 is 0 Å². The lowest BCUT2D eigenvalue weighted by atomic mass is 10.2. The second-order valence-corrected chi connectivity index (χ2v) is 4.48. The van der Waals surface area contributed by atoms with Crippen LogP contribution in [-0.2, 0) is 4.79 Å². The van der Waals surface area contributed by atoms with Gasteiger partial charge in [0.15, 0.2) is 6.10 Å². The molecule has 0 spiro atoms. The Morgan fingerprint density at radius 2 is 1.86 bits per heavy atom. The van der Waals surface area contributed by atoms with Crippen molar-refractivity contribution in [2.24, 2.45) is 0 Å². The molecule has 114 valence electrons. The SMILES string of the molecule is C[C@@H](Oc1ccc([N+](=O)[O-])cc1)C(=O)Nc1ccccc1F. The van der Waals surface area contributed by atoms with Crippen molar-refractivity contribution in [2.45, 2.75) is 13.0 Å². The fraction of sp³-hybridized carbons (Fsp3) is 0.133. The molecule has 2 rings (SSSR count). The molecule has 0 saturated heterocycles. The molecule has 0 saturated carbocycles. The van der Waals surface area contributed by atoms with Crippen molar-refractivity contribution in [1.82, 2.24) is 0 Å². The lowest BCUT2D eigenvalue weighted by Crippen LogP contribution is -2.30. The highest BCUT2D eigenvalue weighted by atomic mass is 19.1. The molecule has 0 unspecified atom stereocenters. The van der Waals surface area contributed by atoms with E-state index in [1.165, 1.54) is 49.4 Å². The van der Waals surface area contributed by atoms with Crippen LogP contribution in [0.1, 0.15) is 6.92 Å². The smallest absolute Gasteiger partial charge is 0.269 e. The van der Waals surface area contributed by atoms with Crippen LogP contribution in [0.3, 0.4) is 0 Å². The van der Waals surface area contributed by atoms with E-state index in [1.807, 2.05) is 0 Å². The van der Waals surface area contributed by atoms with Gasteiger partial charge in [0, 0.05) is 12.1 Å². The third-order valence-electron chi connectivity index (χ3n) is 2.86. The maximum atomic E-state index is 13.4. The standard InChI is InChI=1S/C15H13FN2O4/c1-10(15(19)17-14-5-3-2-4-13(14)16)22-12-8-6-11(7-9-12)18(20)21/h2-10H,1H3,(H,17,19)/t10-/m1/s1. The van der Waals surface area contributed by atoms with E-state index in [2.05, 4.69) is 5.32 Å². The summed E-state index contributed by atoms with van der Waals surface area (Å²) in [5, 5.41) is 13.0. The van der Waals surface area contributed by atoms with E-state index < -0.39 is 22.8 Å². The molecule has 1 amide bonds. The van der Waals surface area contributed by atoms with Crippen molar-refractivity contribution in [3.8, 4) is 5.75 Å². The normalized spacial score (nSPS) is 11.5. The zero-order valence-corrected chi connectivity index (χ0v) is 11.7. The van der Waals surface area contributed by atoms with Gasteiger partial charge in [0.1, 0.15) is 11.6 Å². The molecule has 0 heterocycles. The topological polar surface area (TPSA) is 81.5 Å². The summed E-state index contributed by atoms with van der Waals surface area (Å²) in [6, 6.07) is 11.1. The molecule has 0 aliphatic carbocycles. The number of carbonyl (C=O) groups excluding carboxylic acids is 1. The molecule has 2 aromatic rings. The lowest BCUT2D eigenvalue weighted by molar-refractivity contribution is -0.384. The zero-order valence-electron chi connectivity index (χ0n) is 11.7. The Kier molecular flexibility index (Phi) is 4.67. The number of hydrogen-bond acceptors (Lipinski definition) is 4. The molecule has 2 aromatic carbocycles. The predicted octanol–water partition coefficient (Wildman–Crippen LogP) is 3.14. The molecule has 0 aliphatic heterocycles. The van der Waals surface area contributed by atoms with Crippen molar-refractivity contribution in [1.29, 1.82) is 0 Å². The molecule has 6 nitrogen and oxygen atoms in total. The van der Waals surface area contributed by atoms with E-state index in [0.29, 0.717) is 5.75 Å². The summed E-state index contributed by atoms with van der Waals surface area (Å²) in [6.07, 6.45) is -0.888. The van der Waals surface area contributed by atoms with E-state index in [1.54, 1.807) is 6.07 Å². The largest absolute Gasteiger partial charge is 0.481 e. The summed E-state index contributed by atoms with van der Waals surface area (Å²) in [4.78, 5) is 21.9. The number of ether oxygens (including phenoxy) is 1. The van der Waals surface area contributed by atoms with Crippen LogP contribution in [0.2, 0.25) is 0 Å². The highest BCUT2D eigenvalue weighted by molar-refractivity contribution is 5.94. The number of amides is 1. The van der Waals surface area contributed by atoms with Gasteiger partial charge in [0.05, 0.1) is 10.6 Å². The quantitative estimate of drug-likeness (QED) is 0.679. The van der Waals surface area contributed by atoms with Crippen LogP contribution in [-0.4, -0.2) is 16.9 Å². The maximum absolute atomic E-state index is 13.4. The number of nitro benzene ring substituents is 1. The van der Waals surface area contributed by atoms with Crippen LogP contribution in [0.4, 0.5) is 15.8 Å². The molecule has 7 heteroatoms. The molecule has 0 aliphatic rings. The first-order valence-electron chi connectivity index (χ1n) is 6.44. The van der Waals surface area contributed by atoms with Crippen LogP contribution in [0, 0.1) is 15.9 Å². The van der Waals surface area contributed by atoms with Gasteiger partial charge in [0.25, 0.3) is 11.6 Å². The number of non-ortho nitro benzene ring substituents is 1. The second kappa shape index (κ2) is 6.66. The molecule has 0 radical (unpaired) electrons. The van der Waals surface area contributed by atoms with Crippen LogP contribution < -0.4 is 10.1 Å². The number of para-hydroxylation sites is 1. The van der Waals surface area contributed by atoms with Gasteiger partial charge in [-0.05, 0) is 31.2 Å². The number of nitrogens with one attached hydrogen (secondary N) is 1. The van der Waals surface area contributed by atoms with Crippen molar-refractivity contribution in [3.05, 3.63) is 64.5 Å². The zero-order chi connectivity index (χ0) is 16.1. The minimum absolute atomic E-state index is 0.0617. The fourth-order valence-electron chi connectivity index (χ4n) is 1.70. The van der Waals surface area contributed by atoms with E-state index in [-0.39, 0.29) is 11.4 Å². The summed E-state index contributed by atoms with van der Waals surface area (Å²) < 4.78 is 18.8. The van der Waals surface area contributed by atoms with Crippen LogP contribution in [0.5, 0.6) is 5.75 Å². The number of anilines is 1. The highest BCUT2D eigenvalue weighted by Crippen LogP contribution is 2.19. The highest BCUT2D eigenvalue weighted by Gasteiger charge is 2.16. The van der Waals surface area contributed by atoms with Gasteiger partial charge in [-0.2, -0.15) is 0 Å². The number of rotatable bonds is 5. The summed E-state index contributed by atoms with van der Waals surface area (Å²) >= 11 is 0. The summed E-state index contributed by atoms with van der Waals surface area (Å²) in [5.74, 6) is -0.761. The van der Waals surface area contributed by atoms with Crippen LogP contribution in [0.25, 0.3) is 0 Å². The number of benzene rings is 2. The fourth-order valence-corrected chi connectivity index (χ4v) is 1.70. The van der Waals surface area contributed by atoms with Gasteiger partial charge in [-0.1, -0.05) is 12.1 Å². The van der Waals surface area contributed by atoms with Crippen molar-refractivity contribution < 1.29 is 18.8 Å². The van der Waals surface area contributed by atoms with E-state index in [4.69, 9.17) is 4.74 Å². The summed E-state index contributed by atoms with van der Waals surface area (Å²) in [5.41, 5.74) is -0.0116. The van der Waals surface area contributed by atoms with Crippen LogP contribution in [0.15, 0.2) is 48.5 Å². The van der Waals surface area contributed by atoms with Crippen LogP contribution >= 0.6 is 0 Å². The van der Waals surface area contributed by atoms with Gasteiger partial charge in [-0.15, -0.1) is 0 Å². The van der Waals surface area contributed by atoms with Crippen molar-refractivity contribution >= 4 is 17.3 Å². The van der Waals surface area contributed by atoms with Gasteiger partial charge in [0.2, 0.25) is 0 Å². The van der Waals surface area contributed by atoms with E-state index in [9.17, 15) is 19.3 Å². The molecular weight excluding hydrogens is 291 g/mol. The lowest BCUT2D eigenvalue weighted by Gasteiger charge is -2.14. The third kappa shape index (κ3) is 3.78. The van der Waals surface area contributed by atoms with Gasteiger partial charge >= 0.3 is 0 Å². The summed E-state index contributed by atoms with van der Waals surface area (Å²) in [7, 11) is 0. The average molecular weight is 304 g/mol. The molecule has 0 aromatic heterocycles. The van der Waals surface area contributed by atoms with Gasteiger partial charge in [-0.3, -0.25) is 14.9 Å². The number of hydrogen-bond donors (Lipinski definition) is 1. The molecule has 1 N–H and O–H groups in total. The molecular formula is C15H13FN2O4. The number of halogens is 1. The molecule has 0 bridgehead atoms. The Bertz CT molecular complexity index is 688. The predicted molar refractivity (Wildman–Crippen MR) is 78.2 cm³/mol. The molecule has 1 atom stereocenters.